The molecule has 0 fully saturated rings. The van der Waals surface area contributed by atoms with Crippen LogP contribution in [0.25, 0.3) is 0 Å². The summed E-state index contributed by atoms with van der Waals surface area (Å²) >= 11 is 9.21. The molecule has 21 heavy (non-hydrogen) atoms. The number of rotatable bonds is 3. The molecule has 2 aromatic rings. The summed E-state index contributed by atoms with van der Waals surface area (Å²) in [6.45, 7) is 0.698. The number of hydrogen-bond donors (Lipinski definition) is 1. The number of nitrogens with two attached hydrogens (primary N) is 1. The zero-order valence-corrected chi connectivity index (χ0v) is 13.5. The van der Waals surface area contributed by atoms with Gasteiger partial charge in [0.05, 0.1) is 11.6 Å². The lowest BCUT2D eigenvalue weighted by Crippen LogP contribution is -2.14. The predicted octanol–water partition coefficient (Wildman–Crippen LogP) is 4.42. The molecule has 0 saturated carbocycles. The molecule has 1 heterocycles. The van der Waals surface area contributed by atoms with E-state index < -0.39 is 5.82 Å². The molecule has 2 N–H and O–H groups in total. The van der Waals surface area contributed by atoms with Gasteiger partial charge in [-0.05, 0) is 47.4 Å². The van der Waals surface area contributed by atoms with Gasteiger partial charge in [-0.1, -0.05) is 33.6 Å². The van der Waals surface area contributed by atoms with Gasteiger partial charge in [-0.3, -0.25) is 0 Å². The third-order valence-corrected chi connectivity index (χ3v) is 4.40. The van der Waals surface area contributed by atoms with Crippen molar-refractivity contribution in [1.29, 1.82) is 0 Å². The Morgan fingerprint density at radius 3 is 2.90 bits per heavy atom. The van der Waals surface area contributed by atoms with E-state index in [0.717, 1.165) is 27.8 Å². The number of fused-ring (bicyclic) bond motifs is 1. The van der Waals surface area contributed by atoms with Gasteiger partial charge in [-0.15, -0.1) is 0 Å². The highest BCUT2D eigenvalue weighted by Crippen LogP contribution is 2.35. The Labute approximate surface area is 136 Å². The Morgan fingerprint density at radius 1 is 1.33 bits per heavy atom. The molecule has 1 atom stereocenters. The molecular weight excluding hydrogens is 357 g/mol. The molecule has 0 amide bonds. The fraction of sp³-hybridized carbons (Fsp3) is 0.250. The van der Waals surface area contributed by atoms with Crippen LogP contribution in [0.2, 0.25) is 5.02 Å². The van der Waals surface area contributed by atoms with E-state index in [9.17, 15) is 4.39 Å². The summed E-state index contributed by atoms with van der Waals surface area (Å²) in [5.74, 6) is 0.475. The second-order valence-electron chi connectivity index (χ2n) is 5.14. The van der Waals surface area contributed by atoms with E-state index >= 15 is 0 Å². The van der Waals surface area contributed by atoms with Crippen molar-refractivity contribution in [2.75, 3.05) is 6.61 Å². The van der Waals surface area contributed by atoms with Crippen LogP contribution in [0, 0.1) is 5.82 Å². The quantitative estimate of drug-likeness (QED) is 0.868. The molecule has 2 aromatic carbocycles. The molecule has 1 aliphatic rings. The molecule has 0 spiro atoms. The first-order chi connectivity index (χ1) is 10.0. The van der Waals surface area contributed by atoms with E-state index in [1.165, 1.54) is 17.7 Å². The summed E-state index contributed by atoms with van der Waals surface area (Å²) in [5.41, 5.74) is 9.17. The summed E-state index contributed by atoms with van der Waals surface area (Å²) in [5, 5.41) is 0.109. The molecule has 3 rings (SSSR count). The summed E-state index contributed by atoms with van der Waals surface area (Å²) in [6, 6.07) is 8.46. The maximum Gasteiger partial charge on any atom is 0.142 e. The minimum Gasteiger partial charge on any atom is -0.493 e. The third-order valence-electron chi connectivity index (χ3n) is 3.64. The summed E-state index contributed by atoms with van der Waals surface area (Å²) in [6.07, 6.45) is 1.50. The fourth-order valence-corrected chi connectivity index (χ4v) is 3.27. The highest BCUT2D eigenvalue weighted by atomic mass is 79.9. The number of hydrogen-bond acceptors (Lipinski definition) is 2. The molecule has 0 aliphatic carbocycles. The highest BCUT2D eigenvalue weighted by Gasteiger charge is 2.20. The first-order valence-electron chi connectivity index (χ1n) is 6.69. The van der Waals surface area contributed by atoms with Gasteiger partial charge in [0.1, 0.15) is 11.6 Å². The van der Waals surface area contributed by atoms with E-state index in [1.807, 2.05) is 6.07 Å². The van der Waals surface area contributed by atoms with Crippen LogP contribution < -0.4 is 10.5 Å². The standard InChI is InChI=1S/C16H14BrClFNO/c17-12-5-10-3-4-21-16(10)11(6-12)8-15(20)9-1-2-13(18)14(19)7-9/h1-2,5-7,15H,3-4,8,20H2. The van der Waals surface area contributed by atoms with Crippen molar-refractivity contribution >= 4 is 27.5 Å². The van der Waals surface area contributed by atoms with Crippen molar-refractivity contribution in [2.45, 2.75) is 18.9 Å². The maximum absolute atomic E-state index is 13.5. The third kappa shape index (κ3) is 3.07. The van der Waals surface area contributed by atoms with Gasteiger partial charge in [0.15, 0.2) is 0 Å². The van der Waals surface area contributed by atoms with Crippen LogP contribution in [0.4, 0.5) is 4.39 Å². The Bertz CT molecular complexity index is 692. The smallest absolute Gasteiger partial charge is 0.142 e. The monoisotopic (exact) mass is 369 g/mol. The molecule has 5 heteroatoms. The van der Waals surface area contributed by atoms with Gasteiger partial charge < -0.3 is 10.5 Å². The maximum atomic E-state index is 13.5. The van der Waals surface area contributed by atoms with E-state index in [0.29, 0.717) is 13.0 Å². The summed E-state index contributed by atoms with van der Waals surface area (Å²) in [7, 11) is 0. The van der Waals surface area contributed by atoms with E-state index in [4.69, 9.17) is 22.1 Å². The van der Waals surface area contributed by atoms with Crippen molar-refractivity contribution in [1.82, 2.24) is 0 Å². The molecule has 1 aliphatic heterocycles. The molecule has 0 radical (unpaired) electrons. The average molecular weight is 371 g/mol. The lowest BCUT2D eigenvalue weighted by Gasteiger charge is -2.15. The van der Waals surface area contributed by atoms with Crippen molar-refractivity contribution in [2.24, 2.45) is 5.73 Å². The number of benzene rings is 2. The largest absolute Gasteiger partial charge is 0.493 e. The fourth-order valence-electron chi connectivity index (χ4n) is 2.60. The van der Waals surface area contributed by atoms with Crippen molar-refractivity contribution in [3.63, 3.8) is 0 Å². The molecule has 0 bridgehead atoms. The van der Waals surface area contributed by atoms with Crippen LogP contribution in [-0.4, -0.2) is 6.61 Å². The van der Waals surface area contributed by atoms with Crippen LogP contribution >= 0.6 is 27.5 Å². The summed E-state index contributed by atoms with van der Waals surface area (Å²) in [4.78, 5) is 0. The van der Waals surface area contributed by atoms with Crippen LogP contribution in [-0.2, 0) is 12.8 Å². The van der Waals surface area contributed by atoms with Crippen LogP contribution in [0.3, 0.4) is 0 Å². The Morgan fingerprint density at radius 2 is 2.14 bits per heavy atom. The topological polar surface area (TPSA) is 35.2 Å². The first kappa shape index (κ1) is 14.8. The van der Waals surface area contributed by atoms with Crippen molar-refractivity contribution < 1.29 is 9.13 Å². The van der Waals surface area contributed by atoms with Gasteiger partial charge in [0, 0.05) is 16.9 Å². The predicted molar refractivity (Wildman–Crippen MR) is 85.4 cm³/mol. The van der Waals surface area contributed by atoms with Gasteiger partial charge in [-0.25, -0.2) is 4.39 Å². The lowest BCUT2D eigenvalue weighted by atomic mass is 9.97. The zero-order valence-electron chi connectivity index (χ0n) is 11.2. The van der Waals surface area contributed by atoms with E-state index in [2.05, 4.69) is 22.0 Å². The summed E-state index contributed by atoms with van der Waals surface area (Å²) < 4.78 is 20.2. The lowest BCUT2D eigenvalue weighted by molar-refractivity contribution is 0.352. The van der Waals surface area contributed by atoms with Gasteiger partial charge >= 0.3 is 0 Å². The average Bonchev–Trinajstić information content (AvgIpc) is 2.90. The molecule has 2 nitrogen and oxygen atoms in total. The van der Waals surface area contributed by atoms with Crippen LogP contribution in [0.1, 0.15) is 22.7 Å². The van der Waals surface area contributed by atoms with E-state index in [1.54, 1.807) is 6.07 Å². The van der Waals surface area contributed by atoms with Gasteiger partial charge in [-0.2, -0.15) is 0 Å². The minimum absolute atomic E-state index is 0.109. The number of ether oxygens (including phenoxy) is 1. The van der Waals surface area contributed by atoms with Gasteiger partial charge in [0.2, 0.25) is 0 Å². The second kappa shape index (κ2) is 5.95. The number of halogens is 3. The molecular formula is C16H14BrClFNO. The molecule has 0 saturated heterocycles. The zero-order chi connectivity index (χ0) is 15.0. The normalized spacial score (nSPS) is 14.7. The highest BCUT2D eigenvalue weighted by molar-refractivity contribution is 9.10. The molecule has 1 unspecified atom stereocenters. The second-order valence-corrected chi connectivity index (χ2v) is 6.46. The van der Waals surface area contributed by atoms with Crippen LogP contribution in [0.5, 0.6) is 5.75 Å². The van der Waals surface area contributed by atoms with E-state index in [-0.39, 0.29) is 11.1 Å². The molecule has 0 aromatic heterocycles. The Kier molecular flexibility index (Phi) is 4.20. The van der Waals surface area contributed by atoms with Crippen molar-refractivity contribution in [3.05, 3.63) is 62.3 Å². The van der Waals surface area contributed by atoms with Crippen LogP contribution in [0.15, 0.2) is 34.8 Å². The Hall–Kier alpha value is -1.10. The van der Waals surface area contributed by atoms with Crippen molar-refractivity contribution in [3.8, 4) is 5.75 Å². The minimum atomic E-state index is -0.444. The SMILES string of the molecule is NC(Cc1cc(Br)cc2c1OCC2)c1ccc(Cl)c(F)c1. The first-order valence-corrected chi connectivity index (χ1v) is 7.86. The van der Waals surface area contributed by atoms with Gasteiger partial charge in [0.25, 0.3) is 0 Å². The molecule has 110 valence electrons. The Balaban J connectivity index is 1.88.